The zero-order valence-corrected chi connectivity index (χ0v) is 10.2. The second-order valence-corrected chi connectivity index (χ2v) is 4.51. The first-order valence-corrected chi connectivity index (χ1v) is 6.19. The number of thiazole rings is 1. The van der Waals surface area contributed by atoms with Gasteiger partial charge < -0.3 is 9.84 Å². The molecule has 1 N–H and O–H groups in total. The Labute approximate surface area is 107 Å². The number of nitrogens with zero attached hydrogens (tertiary/aromatic N) is 1. The maximum absolute atomic E-state index is 12.9. The average Bonchev–Trinajstić information content (AvgIpc) is 2.79. The number of halogens is 2. The molecule has 0 unspecified atom stereocenters. The van der Waals surface area contributed by atoms with Crippen LogP contribution in [0.1, 0.15) is 10.7 Å². The number of benzene rings is 1. The quantitative estimate of drug-likeness (QED) is 0.908. The molecular formula is C12H11F2NO2S. The SMILES string of the molecule is OCCc1csc(COc2ccc(F)c(F)c2)n1. The van der Waals surface area contributed by atoms with E-state index in [0.29, 0.717) is 6.42 Å². The molecule has 1 aromatic carbocycles. The molecule has 2 rings (SSSR count). The highest BCUT2D eigenvalue weighted by molar-refractivity contribution is 7.09. The van der Waals surface area contributed by atoms with Crippen molar-refractivity contribution >= 4 is 11.3 Å². The minimum absolute atomic E-state index is 0.0488. The molecule has 0 aliphatic carbocycles. The highest BCUT2D eigenvalue weighted by Crippen LogP contribution is 2.18. The number of aromatic nitrogens is 1. The van der Waals surface area contributed by atoms with Crippen molar-refractivity contribution < 1.29 is 18.6 Å². The van der Waals surface area contributed by atoms with Gasteiger partial charge in [-0.3, -0.25) is 0 Å². The molecular weight excluding hydrogens is 260 g/mol. The van der Waals surface area contributed by atoms with Crippen LogP contribution in [-0.2, 0) is 13.0 Å². The lowest BCUT2D eigenvalue weighted by molar-refractivity contribution is 0.295. The normalized spacial score (nSPS) is 10.6. The largest absolute Gasteiger partial charge is 0.486 e. The van der Waals surface area contributed by atoms with E-state index in [-0.39, 0.29) is 19.0 Å². The zero-order chi connectivity index (χ0) is 13.0. The smallest absolute Gasteiger partial charge is 0.162 e. The number of aliphatic hydroxyl groups excluding tert-OH is 1. The summed E-state index contributed by atoms with van der Waals surface area (Å²) in [4.78, 5) is 4.22. The fourth-order valence-electron chi connectivity index (χ4n) is 1.36. The van der Waals surface area contributed by atoms with Gasteiger partial charge in [0.25, 0.3) is 0 Å². The molecule has 0 atom stereocenters. The van der Waals surface area contributed by atoms with Crippen LogP contribution in [0.15, 0.2) is 23.6 Å². The van der Waals surface area contributed by atoms with Gasteiger partial charge in [0, 0.05) is 24.5 Å². The molecule has 0 saturated carbocycles. The van der Waals surface area contributed by atoms with E-state index in [4.69, 9.17) is 9.84 Å². The number of hydrogen-bond donors (Lipinski definition) is 1. The number of hydrogen-bond acceptors (Lipinski definition) is 4. The Morgan fingerprint density at radius 3 is 2.83 bits per heavy atom. The summed E-state index contributed by atoms with van der Waals surface area (Å²) in [5, 5.41) is 11.3. The maximum Gasteiger partial charge on any atom is 0.162 e. The van der Waals surface area contributed by atoms with Crippen LogP contribution in [0.5, 0.6) is 5.75 Å². The van der Waals surface area contributed by atoms with Crippen LogP contribution in [0.4, 0.5) is 8.78 Å². The third kappa shape index (κ3) is 3.24. The predicted octanol–water partition coefficient (Wildman–Crippen LogP) is 2.54. The van der Waals surface area contributed by atoms with Crippen molar-refractivity contribution in [2.75, 3.05) is 6.61 Å². The van der Waals surface area contributed by atoms with Gasteiger partial charge in [0.2, 0.25) is 0 Å². The third-order valence-corrected chi connectivity index (χ3v) is 3.09. The molecule has 96 valence electrons. The van der Waals surface area contributed by atoms with E-state index in [1.54, 1.807) is 0 Å². The Morgan fingerprint density at radius 1 is 1.28 bits per heavy atom. The van der Waals surface area contributed by atoms with Crippen molar-refractivity contribution in [3.05, 3.63) is 45.9 Å². The van der Waals surface area contributed by atoms with Gasteiger partial charge in [-0.25, -0.2) is 13.8 Å². The lowest BCUT2D eigenvalue weighted by Gasteiger charge is -2.04. The van der Waals surface area contributed by atoms with E-state index in [9.17, 15) is 8.78 Å². The fourth-order valence-corrected chi connectivity index (χ4v) is 2.10. The van der Waals surface area contributed by atoms with E-state index in [0.717, 1.165) is 22.8 Å². The topological polar surface area (TPSA) is 42.4 Å². The first-order chi connectivity index (χ1) is 8.69. The van der Waals surface area contributed by atoms with E-state index in [1.807, 2.05) is 5.38 Å². The average molecular weight is 271 g/mol. The van der Waals surface area contributed by atoms with Crippen LogP contribution in [0, 0.1) is 11.6 Å². The number of ether oxygens (including phenoxy) is 1. The number of rotatable bonds is 5. The summed E-state index contributed by atoms with van der Waals surface area (Å²) in [7, 11) is 0. The van der Waals surface area contributed by atoms with Crippen molar-refractivity contribution in [3.8, 4) is 5.75 Å². The van der Waals surface area contributed by atoms with Crippen LogP contribution in [0.25, 0.3) is 0 Å². The van der Waals surface area contributed by atoms with Gasteiger partial charge in [0.1, 0.15) is 17.4 Å². The summed E-state index contributed by atoms with van der Waals surface area (Å²) in [6, 6.07) is 3.38. The molecule has 18 heavy (non-hydrogen) atoms. The first-order valence-electron chi connectivity index (χ1n) is 5.31. The Kier molecular flexibility index (Phi) is 4.22. The van der Waals surface area contributed by atoms with Crippen molar-refractivity contribution in [3.63, 3.8) is 0 Å². The Balaban J connectivity index is 1.95. The van der Waals surface area contributed by atoms with E-state index in [1.165, 1.54) is 17.4 Å². The highest BCUT2D eigenvalue weighted by Gasteiger charge is 2.05. The molecule has 0 saturated heterocycles. The zero-order valence-electron chi connectivity index (χ0n) is 9.40. The summed E-state index contributed by atoms with van der Waals surface area (Å²) in [5.74, 6) is -1.58. The summed E-state index contributed by atoms with van der Waals surface area (Å²) in [5.41, 5.74) is 0.798. The Hall–Kier alpha value is -1.53. The second-order valence-electron chi connectivity index (χ2n) is 3.57. The molecule has 0 amide bonds. The lowest BCUT2D eigenvalue weighted by Crippen LogP contribution is -1.97. The minimum atomic E-state index is -0.937. The van der Waals surface area contributed by atoms with Crippen LogP contribution in [0.3, 0.4) is 0 Å². The third-order valence-electron chi connectivity index (χ3n) is 2.22. The molecule has 1 heterocycles. The Bertz CT molecular complexity index is 531. The summed E-state index contributed by atoms with van der Waals surface area (Å²) >= 11 is 1.40. The molecule has 0 fully saturated rings. The van der Waals surface area contributed by atoms with Crippen molar-refractivity contribution in [2.45, 2.75) is 13.0 Å². The summed E-state index contributed by atoms with van der Waals surface area (Å²) in [6.07, 6.45) is 0.502. The molecule has 0 radical (unpaired) electrons. The molecule has 3 nitrogen and oxygen atoms in total. The highest BCUT2D eigenvalue weighted by atomic mass is 32.1. The molecule has 1 aromatic heterocycles. The monoisotopic (exact) mass is 271 g/mol. The minimum Gasteiger partial charge on any atom is -0.486 e. The van der Waals surface area contributed by atoms with Gasteiger partial charge in [0.05, 0.1) is 5.69 Å². The van der Waals surface area contributed by atoms with Crippen LogP contribution in [0.2, 0.25) is 0 Å². The predicted molar refractivity (Wildman–Crippen MR) is 63.6 cm³/mol. The molecule has 2 aromatic rings. The van der Waals surface area contributed by atoms with Crippen LogP contribution in [-0.4, -0.2) is 16.7 Å². The van der Waals surface area contributed by atoms with Crippen molar-refractivity contribution in [1.29, 1.82) is 0 Å². The molecule has 0 aliphatic heterocycles. The molecule has 0 spiro atoms. The molecule has 0 bridgehead atoms. The fraction of sp³-hybridized carbons (Fsp3) is 0.250. The molecule has 6 heteroatoms. The maximum atomic E-state index is 12.9. The van der Waals surface area contributed by atoms with E-state index >= 15 is 0 Å². The van der Waals surface area contributed by atoms with E-state index in [2.05, 4.69) is 4.98 Å². The van der Waals surface area contributed by atoms with E-state index < -0.39 is 11.6 Å². The van der Waals surface area contributed by atoms with Gasteiger partial charge in [-0.05, 0) is 12.1 Å². The summed E-state index contributed by atoms with van der Waals surface area (Å²) < 4.78 is 30.9. The van der Waals surface area contributed by atoms with Crippen molar-refractivity contribution in [1.82, 2.24) is 4.98 Å². The standard InChI is InChI=1S/C12H11F2NO2S/c13-10-2-1-9(5-11(10)14)17-6-12-15-8(3-4-16)7-18-12/h1-2,5,7,16H,3-4,6H2. The first kappa shape index (κ1) is 12.9. The molecule has 0 aliphatic rings. The van der Waals surface area contributed by atoms with Crippen LogP contribution < -0.4 is 4.74 Å². The van der Waals surface area contributed by atoms with Gasteiger partial charge in [-0.15, -0.1) is 11.3 Å². The second kappa shape index (κ2) is 5.88. The van der Waals surface area contributed by atoms with Gasteiger partial charge in [-0.2, -0.15) is 0 Å². The summed E-state index contributed by atoms with van der Waals surface area (Å²) in [6.45, 7) is 0.244. The lowest BCUT2D eigenvalue weighted by atomic mass is 10.3. The van der Waals surface area contributed by atoms with Gasteiger partial charge in [-0.1, -0.05) is 0 Å². The van der Waals surface area contributed by atoms with Gasteiger partial charge in [0.15, 0.2) is 11.6 Å². The van der Waals surface area contributed by atoms with Gasteiger partial charge >= 0.3 is 0 Å². The van der Waals surface area contributed by atoms with Crippen LogP contribution >= 0.6 is 11.3 Å². The Morgan fingerprint density at radius 2 is 2.11 bits per heavy atom. The van der Waals surface area contributed by atoms with Crippen molar-refractivity contribution in [2.24, 2.45) is 0 Å². The number of aliphatic hydroxyl groups is 1.